The van der Waals surface area contributed by atoms with E-state index < -0.39 is 0 Å². The van der Waals surface area contributed by atoms with E-state index in [4.69, 9.17) is 4.74 Å². The van der Waals surface area contributed by atoms with Gasteiger partial charge in [0.25, 0.3) is 5.91 Å². The molecule has 1 aliphatic heterocycles. The number of carbonyl (C=O) groups is 2. The summed E-state index contributed by atoms with van der Waals surface area (Å²) in [5.74, 6) is 0.558. The van der Waals surface area contributed by atoms with Gasteiger partial charge in [-0.25, -0.2) is 4.79 Å². The summed E-state index contributed by atoms with van der Waals surface area (Å²) in [6.07, 6.45) is 5.35. The summed E-state index contributed by atoms with van der Waals surface area (Å²) in [4.78, 5) is 28.9. The molecule has 1 aromatic carbocycles. The predicted molar refractivity (Wildman–Crippen MR) is 95.9 cm³/mol. The Morgan fingerprint density at radius 2 is 1.68 bits per heavy atom. The van der Waals surface area contributed by atoms with Crippen molar-refractivity contribution in [3.8, 4) is 5.75 Å². The summed E-state index contributed by atoms with van der Waals surface area (Å²) in [6, 6.07) is 7.62. The highest BCUT2D eigenvalue weighted by Crippen LogP contribution is 2.21. The lowest BCUT2D eigenvalue weighted by Gasteiger charge is -2.24. The maximum absolute atomic E-state index is 12.8. The molecule has 6 heteroatoms. The second-order valence-corrected chi connectivity index (χ2v) is 6.76. The van der Waals surface area contributed by atoms with E-state index in [1.807, 2.05) is 21.9 Å². The van der Waals surface area contributed by atoms with E-state index in [1.54, 1.807) is 19.2 Å². The maximum Gasteiger partial charge on any atom is 0.317 e. The van der Waals surface area contributed by atoms with Gasteiger partial charge in [0.15, 0.2) is 0 Å². The molecule has 1 aliphatic carbocycles. The molecule has 1 N–H and O–H groups in total. The van der Waals surface area contributed by atoms with Crippen LogP contribution in [0.2, 0.25) is 0 Å². The topological polar surface area (TPSA) is 61.9 Å². The lowest BCUT2D eigenvalue weighted by atomic mass is 10.1. The monoisotopic (exact) mass is 345 g/mol. The number of methoxy groups -OCH3 is 1. The van der Waals surface area contributed by atoms with Gasteiger partial charge in [-0.2, -0.15) is 0 Å². The van der Waals surface area contributed by atoms with Crippen LogP contribution >= 0.6 is 0 Å². The van der Waals surface area contributed by atoms with E-state index in [2.05, 4.69) is 5.32 Å². The summed E-state index contributed by atoms with van der Waals surface area (Å²) >= 11 is 0. The van der Waals surface area contributed by atoms with Gasteiger partial charge in [0.2, 0.25) is 0 Å². The molecule has 0 aromatic heterocycles. The number of carbonyl (C=O) groups excluding carboxylic acids is 2. The number of amides is 3. The van der Waals surface area contributed by atoms with Gasteiger partial charge >= 0.3 is 6.03 Å². The number of hydrogen-bond acceptors (Lipinski definition) is 3. The van der Waals surface area contributed by atoms with Crippen molar-refractivity contribution in [3.63, 3.8) is 0 Å². The Bertz CT molecular complexity index is 614. The third-order valence-electron chi connectivity index (χ3n) is 5.09. The maximum atomic E-state index is 12.8. The first-order chi connectivity index (χ1) is 12.2. The molecule has 25 heavy (non-hydrogen) atoms. The van der Waals surface area contributed by atoms with Gasteiger partial charge in [-0.15, -0.1) is 0 Å². The van der Waals surface area contributed by atoms with Crippen molar-refractivity contribution < 1.29 is 14.3 Å². The third kappa shape index (κ3) is 4.24. The zero-order valence-electron chi connectivity index (χ0n) is 14.9. The molecule has 3 amide bonds. The van der Waals surface area contributed by atoms with Crippen LogP contribution in [0.5, 0.6) is 5.75 Å². The van der Waals surface area contributed by atoms with Crippen LogP contribution in [-0.4, -0.2) is 61.1 Å². The van der Waals surface area contributed by atoms with Crippen molar-refractivity contribution in [3.05, 3.63) is 29.8 Å². The molecule has 2 fully saturated rings. The van der Waals surface area contributed by atoms with E-state index in [1.165, 1.54) is 12.8 Å². The first kappa shape index (κ1) is 17.6. The largest absolute Gasteiger partial charge is 0.496 e. The Balaban J connectivity index is 1.59. The molecule has 2 aliphatic rings. The summed E-state index contributed by atoms with van der Waals surface area (Å²) in [5, 5.41) is 3.13. The van der Waals surface area contributed by atoms with Crippen molar-refractivity contribution in [2.75, 3.05) is 33.3 Å². The van der Waals surface area contributed by atoms with Gasteiger partial charge < -0.3 is 19.9 Å². The number of hydrogen-bond donors (Lipinski definition) is 1. The van der Waals surface area contributed by atoms with Gasteiger partial charge in [-0.3, -0.25) is 4.79 Å². The number of ether oxygens (including phenoxy) is 1. The van der Waals surface area contributed by atoms with Crippen molar-refractivity contribution in [1.82, 2.24) is 15.1 Å². The molecular weight excluding hydrogens is 318 g/mol. The summed E-state index contributed by atoms with van der Waals surface area (Å²) in [6.45, 7) is 2.47. The number of benzene rings is 1. The average molecular weight is 345 g/mol. The second kappa shape index (κ2) is 8.23. The Morgan fingerprint density at radius 1 is 1.00 bits per heavy atom. The molecule has 1 aromatic rings. The zero-order valence-corrected chi connectivity index (χ0v) is 14.9. The first-order valence-electron chi connectivity index (χ1n) is 9.17. The van der Waals surface area contributed by atoms with Crippen LogP contribution in [0.25, 0.3) is 0 Å². The molecule has 136 valence electrons. The van der Waals surface area contributed by atoms with Crippen LogP contribution in [0.3, 0.4) is 0 Å². The SMILES string of the molecule is COc1ccccc1C(=O)N1CCCN(C(=O)NC2CCCC2)CC1. The van der Waals surface area contributed by atoms with E-state index in [9.17, 15) is 9.59 Å². The lowest BCUT2D eigenvalue weighted by molar-refractivity contribution is 0.0758. The second-order valence-electron chi connectivity index (χ2n) is 6.76. The van der Waals surface area contributed by atoms with Crippen molar-refractivity contribution in [2.24, 2.45) is 0 Å². The van der Waals surface area contributed by atoms with Gasteiger partial charge in [0, 0.05) is 32.2 Å². The van der Waals surface area contributed by atoms with Gasteiger partial charge in [0.05, 0.1) is 12.7 Å². The molecule has 0 spiro atoms. The summed E-state index contributed by atoms with van der Waals surface area (Å²) < 4.78 is 5.30. The van der Waals surface area contributed by atoms with Crippen molar-refractivity contribution in [1.29, 1.82) is 0 Å². The Hall–Kier alpha value is -2.24. The molecule has 1 saturated carbocycles. The highest BCUT2D eigenvalue weighted by atomic mass is 16.5. The zero-order chi connectivity index (χ0) is 17.6. The van der Waals surface area contributed by atoms with Crippen molar-refractivity contribution in [2.45, 2.75) is 38.1 Å². The summed E-state index contributed by atoms with van der Waals surface area (Å²) in [7, 11) is 1.57. The first-order valence-corrected chi connectivity index (χ1v) is 9.17. The normalized spacial score (nSPS) is 18.8. The smallest absolute Gasteiger partial charge is 0.317 e. The standard InChI is InChI=1S/C19H27N3O3/c1-25-17-10-5-4-9-16(17)18(23)21-11-6-12-22(14-13-21)19(24)20-15-7-2-3-8-15/h4-5,9-10,15H,2-3,6-8,11-14H2,1H3,(H,20,24). The molecule has 1 saturated heterocycles. The molecule has 0 unspecified atom stereocenters. The van der Waals surface area contributed by atoms with E-state index >= 15 is 0 Å². The third-order valence-corrected chi connectivity index (χ3v) is 5.09. The van der Waals surface area contributed by atoms with Crippen molar-refractivity contribution >= 4 is 11.9 Å². The average Bonchev–Trinajstić information content (AvgIpc) is 3.02. The molecule has 0 bridgehead atoms. The molecule has 0 atom stereocenters. The molecule has 6 nitrogen and oxygen atoms in total. The minimum absolute atomic E-state index is 0.0125. The van der Waals surface area contributed by atoms with Gasteiger partial charge in [-0.05, 0) is 31.4 Å². The quantitative estimate of drug-likeness (QED) is 0.915. The molecule has 0 radical (unpaired) electrons. The predicted octanol–water partition coefficient (Wildman–Crippen LogP) is 2.50. The highest BCUT2D eigenvalue weighted by Gasteiger charge is 2.26. The number of nitrogens with zero attached hydrogens (tertiary/aromatic N) is 2. The Labute approximate surface area is 149 Å². The van der Waals surface area contributed by atoms with Crippen LogP contribution in [0.4, 0.5) is 4.79 Å². The minimum Gasteiger partial charge on any atom is -0.496 e. The Kier molecular flexibility index (Phi) is 5.79. The van der Waals surface area contributed by atoms with Gasteiger partial charge in [0.1, 0.15) is 5.75 Å². The number of para-hydroxylation sites is 1. The highest BCUT2D eigenvalue weighted by molar-refractivity contribution is 5.97. The van der Waals surface area contributed by atoms with Crippen LogP contribution < -0.4 is 10.1 Å². The molecular formula is C19H27N3O3. The van der Waals surface area contributed by atoms with Crippen LogP contribution in [-0.2, 0) is 0 Å². The van der Waals surface area contributed by atoms with Crippen LogP contribution in [0.1, 0.15) is 42.5 Å². The number of urea groups is 1. The number of nitrogens with one attached hydrogen (secondary N) is 1. The fourth-order valence-electron chi connectivity index (χ4n) is 3.65. The number of rotatable bonds is 3. The summed E-state index contributed by atoms with van der Waals surface area (Å²) in [5.41, 5.74) is 0.578. The molecule has 1 heterocycles. The lowest BCUT2D eigenvalue weighted by Crippen LogP contribution is -2.45. The Morgan fingerprint density at radius 3 is 2.44 bits per heavy atom. The minimum atomic E-state index is -0.0319. The fraction of sp³-hybridized carbons (Fsp3) is 0.579. The fourth-order valence-corrected chi connectivity index (χ4v) is 3.65. The van der Waals surface area contributed by atoms with Gasteiger partial charge in [-0.1, -0.05) is 25.0 Å². The van der Waals surface area contributed by atoms with Crippen LogP contribution in [0, 0.1) is 0 Å². The molecule has 3 rings (SSSR count). The van der Waals surface area contributed by atoms with E-state index in [0.29, 0.717) is 43.5 Å². The van der Waals surface area contributed by atoms with Crippen LogP contribution in [0.15, 0.2) is 24.3 Å². The van der Waals surface area contributed by atoms with E-state index in [0.717, 1.165) is 19.3 Å². The van der Waals surface area contributed by atoms with E-state index in [-0.39, 0.29) is 11.9 Å².